The van der Waals surface area contributed by atoms with Crippen molar-refractivity contribution in [1.82, 2.24) is 9.03 Å². The molecule has 2 aliphatic rings. The molecule has 0 aromatic heterocycles. The smallest absolute Gasteiger partial charge is 0.229 e. The summed E-state index contributed by atoms with van der Waals surface area (Å²) in [6, 6.07) is -0.452. The summed E-state index contributed by atoms with van der Waals surface area (Å²) >= 11 is 0. The van der Waals surface area contributed by atoms with Crippen LogP contribution in [0.5, 0.6) is 0 Å². The minimum atomic E-state index is -3.50. The first kappa shape index (κ1) is 13.3. The molecule has 2 rings (SSSR count). The average Bonchev–Trinajstić information content (AvgIpc) is 2.58. The number of nitrogens with zero attached hydrogens (tertiary/aromatic N) is 1. The minimum Gasteiger partial charge on any atom is -0.229 e. The number of piperidine rings is 1. The van der Waals surface area contributed by atoms with E-state index in [1.165, 1.54) is 4.31 Å². The van der Waals surface area contributed by atoms with Gasteiger partial charge in [0.25, 0.3) is 10.2 Å². The van der Waals surface area contributed by atoms with E-state index in [0.717, 1.165) is 19.3 Å². The van der Waals surface area contributed by atoms with Gasteiger partial charge in [0.15, 0.2) is 9.84 Å². The van der Waals surface area contributed by atoms with Gasteiger partial charge in [-0.2, -0.15) is 17.4 Å². The van der Waals surface area contributed by atoms with Crippen molar-refractivity contribution in [3.63, 3.8) is 0 Å². The molecule has 6 nitrogen and oxygen atoms in total. The highest BCUT2D eigenvalue weighted by Crippen LogP contribution is 2.16. The van der Waals surface area contributed by atoms with Crippen LogP contribution < -0.4 is 4.72 Å². The second kappa shape index (κ2) is 4.83. The van der Waals surface area contributed by atoms with Gasteiger partial charge in [0.1, 0.15) is 0 Å². The molecule has 2 saturated heterocycles. The Balaban J connectivity index is 1.98. The predicted molar refractivity (Wildman–Crippen MR) is 64.5 cm³/mol. The highest BCUT2D eigenvalue weighted by molar-refractivity contribution is 7.91. The Labute approximate surface area is 102 Å². The molecule has 2 heterocycles. The van der Waals surface area contributed by atoms with Crippen molar-refractivity contribution in [3.8, 4) is 0 Å². The second-order valence-electron chi connectivity index (χ2n) is 4.68. The van der Waals surface area contributed by atoms with Gasteiger partial charge in [0.05, 0.1) is 11.5 Å². The average molecular weight is 282 g/mol. The molecule has 0 aromatic rings. The van der Waals surface area contributed by atoms with Gasteiger partial charge in [0.2, 0.25) is 0 Å². The summed E-state index contributed by atoms with van der Waals surface area (Å²) in [5, 5.41) is 0. The van der Waals surface area contributed by atoms with Crippen LogP contribution in [0.2, 0.25) is 0 Å². The van der Waals surface area contributed by atoms with Crippen LogP contribution in [0.1, 0.15) is 25.7 Å². The van der Waals surface area contributed by atoms with Crippen LogP contribution in [0.15, 0.2) is 0 Å². The van der Waals surface area contributed by atoms with Gasteiger partial charge in [-0.15, -0.1) is 0 Å². The van der Waals surface area contributed by atoms with Crippen LogP contribution in [-0.2, 0) is 20.0 Å². The van der Waals surface area contributed by atoms with E-state index in [0.29, 0.717) is 19.5 Å². The van der Waals surface area contributed by atoms with Crippen molar-refractivity contribution >= 4 is 20.0 Å². The molecule has 0 spiro atoms. The molecule has 0 bridgehead atoms. The number of hydrogen-bond acceptors (Lipinski definition) is 4. The molecule has 0 aliphatic carbocycles. The van der Waals surface area contributed by atoms with Crippen LogP contribution in [0.4, 0.5) is 0 Å². The van der Waals surface area contributed by atoms with Crippen molar-refractivity contribution in [2.45, 2.75) is 31.7 Å². The van der Waals surface area contributed by atoms with Crippen LogP contribution in [0.25, 0.3) is 0 Å². The van der Waals surface area contributed by atoms with E-state index in [-0.39, 0.29) is 11.5 Å². The third-order valence-electron chi connectivity index (χ3n) is 3.20. The third kappa shape index (κ3) is 3.40. The van der Waals surface area contributed by atoms with Gasteiger partial charge in [-0.25, -0.2) is 8.42 Å². The summed E-state index contributed by atoms with van der Waals surface area (Å²) < 4.78 is 50.4. The molecule has 17 heavy (non-hydrogen) atoms. The molecule has 100 valence electrons. The van der Waals surface area contributed by atoms with Gasteiger partial charge >= 0.3 is 0 Å². The maximum absolute atomic E-state index is 12.0. The monoisotopic (exact) mass is 282 g/mol. The molecule has 1 atom stereocenters. The molecular weight excluding hydrogens is 264 g/mol. The Bertz CT molecular complexity index is 465. The van der Waals surface area contributed by atoms with Gasteiger partial charge in [-0.1, -0.05) is 6.42 Å². The lowest BCUT2D eigenvalue weighted by molar-refractivity contribution is 0.339. The van der Waals surface area contributed by atoms with Crippen LogP contribution >= 0.6 is 0 Å². The Kier molecular flexibility index (Phi) is 3.77. The van der Waals surface area contributed by atoms with Crippen molar-refractivity contribution in [2.75, 3.05) is 24.6 Å². The van der Waals surface area contributed by atoms with Crippen molar-refractivity contribution in [3.05, 3.63) is 0 Å². The maximum atomic E-state index is 12.0. The zero-order valence-electron chi connectivity index (χ0n) is 9.63. The largest absolute Gasteiger partial charge is 0.279 e. The first-order valence-electron chi connectivity index (χ1n) is 5.87. The van der Waals surface area contributed by atoms with Crippen molar-refractivity contribution in [2.24, 2.45) is 0 Å². The molecule has 0 saturated carbocycles. The summed E-state index contributed by atoms with van der Waals surface area (Å²) in [6.45, 7) is 1.07. The number of sulfone groups is 1. The minimum absolute atomic E-state index is 0.0694. The number of hydrogen-bond donors (Lipinski definition) is 1. The van der Waals surface area contributed by atoms with E-state index in [2.05, 4.69) is 4.72 Å². The summed E-state index contributed by atoms with van der Waals surface area (Å²) in [5.41, 5.74) is 0. The third-order valence-corrected chi connectivity index (χ3v) is 6.65. The Morgan fingerprint density at radius 3 is 2.29 bits per heavy atom. The molecule has 1 unspecified atom stereocenters. The highest BCUT2D eigenvalue weighted by atomic mass is 32.2. The molecule has 0 radical (unpaired) electrons. The Morgan fingerprint density at radius 2 is 1.76 bits per heavy atom. The quantitative estimate of drug-likeness (QED) is 0.756. The summed E-state index contributed by atoms with van der Waals surface area (Å²) in [7, 11) is -6.54. The molecule has 8 heteroatoms. The predicted octanol–water partition coefficient (Wildman–Crippen LogP) is -0.506. The first-order chi connectivity index (χ1) is 7.89. The molecule has 2 fully saturated rings. The van der Waals surface area contributed by atoms with E-state index >= 15 is 0 Å². The molecule has 1 N–H and O–H groups in total. The van der Waals surface area contributed by atoms with E-state index in [4.69, 9.17) is 0 Å². The summed E-state index contributed by atoms with van der Waals surface area (Å²) in [5.74, 6) is 0.0141. The van der Waals surface area contributed by atoms with Crippen molar-refractivity contribution in [1.29, 1.82) is 0 Å². The second-order valence-corrected chi connectivity index (χ2v) is 8.61. The van der Waals surface area contributed by atoms with Crippen LogP contribution in [0.3, 0.4) is 0 Å². The number of nitrogens with one attached hydrogen (secondary N) is 1. The fourth-order valence-electron chi connectivity index (χ4n) is 2.28. The van der Waals surface area contributed by atoms with Gasteiger partial charge in [-0.3, -0.25) is 0 Å². The Morgan fingerprint density at radius 1 is 1.12 bits per heavy atom. The van der Waals surface area contributed by atoms with E-state index in [9.17, 15) is 16.8 Å². The van der Waals surface area contributed by atoms with E-state index < -0.39 is 26.1 Å². The van der Waals surface area contributed by atoms with Crippen LogP contribution in [-0.4, -0.2) is 51.8 Å². The lowest BCUT2D eigenvalue weighted by atomic mass is 10.2. The standard InChI is InChI=1S/C9H18N2O4S2/c12-16(13)7-4-9(8-16)10-17(14,15)11-5-2-1-3-6-11/h9-10H,1-8H2. The maximum Gasteiger partial charge on any atom is 0.279 e. The lowest BCUT2D eigenvalue weighted by Gasteiger charge is -2.27. The first-order valence-corrected chi connectivity index (χ1v) is 9.13. The molecule has 0 amide bonds. The Hall–Kier alpha value is -0.180. The SMILES string of the molecule is O=S1(=O)CCC(NS(=O)(=O)N2CCCCC2)C1. The molecular formula is C9H18N2O4S2. The summed E-state index contributed by atoms with van der Waals surface area (Å²) in [4.78, 5) is 0. The van der Waals surface area contributed by atoms with E-state index in [1.54, 1.807) is 0 Å². The zero-order valence-corrected chi connectivity index (χ0v) is 11.3. The number of rotatable bonds is 3. The fourth-order valence-corrected chi connectivity index (χ4v) is 5.57. The lowest BCUT2D eigenvalue weighted by Crippen LogP contribution is -2.47. The fraction of sp³-hybridized carbons (Fsp3) is 1.00. The van der Waals surface area contributed by atoms with Crippen LogP contribution in [0, 0.1) is 0 Å². The summed E-state index contributed by atoms with van der Waals surface area (Å²) in [6.07, 6.45) is 3.20. The van der Waals surface area contributed by atoms with Gasteiger partial charge < -0.3 is 0 Å². The van der Waals surface area contributed by atoms with Crippen molar-refractivity contribution < 1.29 is 16.8 Å². The topological polar surface area (TPSA) is 83.5 Å². The molecule has 0 aromatic carbocycles. The molecule has 2 aliphatic heterocycles. The van der Waals surface area contributed by atoms with Gasteiger partial charge in [-0.05, 0) is 19.3 Å². The zero-order chi connectivity index (χ0) is 12.5. The normalized spacial score (nSPS) is 30.5. The highest BCUT2D eigenvalue weighted by Gasteiger charge is 2.33. The van der Waals surface area contributed by atoms with Gasteiger partial charge in [0, 0.05) is 19.1 Å². The van der Waals surface area contributed by atoms with E-state index in [1.807, 2.05) is 0 Å².